The predicted octanol–water partition coefficient (Wildman–Crippen LogP) is 4.76. The molecule has 0 aliphatic heterocycles. The number of aryl methyl sites for hydroxylation is 1. The molecule has 2 aromatic rings. The topological polar surface area (TPSA) is 38.3 Å². The largest absolute Gasteiger partial charge is 0.469 e. The second-order valence-corrected chi connectivity index (χ2v) is 5.37. The number of rotatable bonds is 4. The van der Waals surface area contributed by atoms with Gasteiger partial charge >= 0.3 is 5.97 Å². The van der Waals surface area contributed by atoms with Crippen LogP contribution >= 0.6 is 23.2 Å². The molecule has 0 unspecified atom stereocenters. The summed E-state index contributed by atoms with van der Waals surface area (Å²) in [5.41, 5.74) is 3.15. The molecule has 0 spiro atoms. The van der Waals surface area contributed by atoms with E-state index in [2.05, 4.69) is 5.32 Å². The lowest BCUT2D eigenvalue weighted by atomic mass is 10.1. The van der Waals surface area contributed by atoms with Crippen LogP contribution < -0.4 is 5.32 Å². The van der Waals surface area contributed by atoms with Gasteiger partial charge in [0, 0.05) is 5.69 Å². The molecule has 0 radical (unpaired) electrons. The van der Waals surface area contributed by atoms with Crippen LogP contribution in [0, 0.1) is 6.92 Å². The number of halogens is 2. The van der Waals surface area contributed by atoms with Crippen LogP contribution in [0.4, 0.5) is 11.4 Å². The maximum Gasteiger partial charge on any atom is 0.310 e. The summed E-state index contributed by atoms with van der Waals surface area (Å²) in [6.07, 6.45) is 0.181. The van der Waals surface area contributed by atoms with E-state index in [9.17, 15) is 4.79 Å². The Bertz CT molecular complexity index is 671. The fourth-order valence-corrected chi connectivity index (χ4v) is 2.40. The number of nitrogens with one attached hydrogen (secondary N) is 1. The van der Waals surface area contributed by atoms with Crippen molar-refractivity contribution in [3.05, 3.63) is 57.6 Å². The van der Waals surface area contributed by atoms with Crippen LogP contribution in [-0.4, -0.2) is 13.1 Å². The van der Waals surface area contributed by atoms with Gasteiger partial charge in [0.15, 0.2) is 0 Å². The van der Waals surface area contributed by atoms with Crippen molar-refractivity contribution in [3.8, 4) is 0 Å². The van der Waals surface area contributed by atoms with Crippen LogP contribution in [0.3, 0.4) is 0 Å². The van der Waals surface area contributed by atoms with E-state index < -0.39 is 0 Å². The molecule has 0 saturated carbocycles. The van der Waals surface area contributed by atoms with Gasteiger partial charge in [0.1, 0.15) is 0 Å². The fourth-order valence-electron chi connectivity index (χ4n) is 1.93. The molecular weight excluding hydrogens is 309 g/mol. The first kappa shape index (κ1) is 15.7. The molecular formula is C16H15Cl2NO2. The highest BCUT2D eigenvalue weighted by atomic mass is 35.5. The smallest absolute Gasteiger partial charge is 0.310 e. The number of benzene rings is 2. The minimum atomic E-state index is -0.300. The van der Waals surface area contributed by atoms with Crippen molar-refractivity contribution in [1.29, 1.82) is 0 Å². The summed E-state index contributed by atoms with van der Waals surface area (Å²) in [5.74, 6) is -0.300. The third kappa shape index (κ3) is 3.69. The van der Waals surface area contributed by atoms with E-state index in [-0.39, 0.29) is 12.4 Å². The van der Waals surface area contributed by atoms with Crippen molar-refractivity contribution in [2.24, 2.45) is 0 Å². The summed E-state index contributed by atoms with van der Waals surface area (Å²) in [6.45, 7) is 1.91. The summed E-state index contributed by atoms with van der Waals surface area (Å²) >= 11 is 12.5. The summed E-state index contributed by atoms with van der Waals surface area (Å²) < 4.78 is 4.71. The van der Waals surface area contributed by atoms with Gasteiger partial charge in [0.25, 0.3) is 0 Å². The summed E-state index contributed by atoms with van der Waals surface area (Å²) in [6, 6.07) is 11.1. The first-order valence-electron chi connectivity index (χ1n) is 6.39. The summed E-state index contributed by atoms with van der Waals surface area (Å²) in [7, 11) is 1.37. The number of methoxy groups -OCH3 is 1. The molecule has 0 bridgehead atoms. The lowest BCUT2D eigenvalue weighted by molar-refractivity contribution is -0.139. The molecule has 1 N–H and O–H groups in total. The average Bonchev–Trinajstić information content (AvgIpc) is 2.49. The van der Waals surface area contributed by atoms with Gasteiger partial charge in [-0.15, -0.1) is 0 Å². The number of carbonyl (C=O) groups excluding carboxylic acids is 1. The second kappa shape index (κ2) is 6.83. The molecule has 2 aromatic carbocycles. The molecule has 0 atom stereocenters. The third-order valence-electron chi connectivity index (χ3n) is 3.12. The van der Waals surface area contributed by atoms with Gasteiger partial charge in [0.2, 0.25) is 0 Å². The van der Waals surface area contributed by atoms with Crippen LogP contribution in [0.25, 0.3) is 0 Å². The van der Waals surface area contributed by atoms with Crippen molar-refractivity contribution in [2.45, 2.75) is 13.3 Å². The van der Waals surface area contributed by atoms with Crippen molar-refractivity contribution >= 4 is 40.5 Å². The summed E-state index contributed by atoms with van der Waals surface area (Å²) in [5, 5.41) is 4.30. The molecule has 0 aromatic heterocycles. The van der Waals surface area contributed by atoms with E-state index in [1.54, 1.807) is 6.07 Å². The second-order valence-electron chi connectivity index (χ2n) is 4.59. The van der Waals surface area contributed by atoms with Crippen LogP contribution in [0.1, 0.15) is 11.1 Å². The highest BCUT2D eigenvalue weighted by Crippen LogP contribution is 2.35. The van der Waals surface area contributed by atoms with Gasteiger partial charge in [-0.25, -0.2) is 0 Å². The molecule has 0 aliphatic rings. The Labute approximate surface area is 133 Å². The number of para-hydroxylation sites is 1. The van der Waals surface area contributed by atoms with E-state index in [1.165, 1.54) is 7.11 Å². The molecule has 0 heterocycles. The number of carbonyl (C=O) groups is 1. The highest BCUT2D eigenvalue weighted by Gasteiger charge is 2.12. The molecule has 0 saturated heterocycles. The fraction of sp³-hybridized carbons (Fsp3) is 0.188. The van der Waals surface area contributed by atoms with E-state index in [0.29, 0.717) is 15.7 Å². The lowest BCUT2D eigenvalue weighted by Crippen LogP contribution is -2.07. The molecule has 0 amide bonds. The number of anilines is 2. The lowest BCUT2D eigenvalue weighted by Gasteiger charge is -2.15. The van der Waals surface area contributed by atoms with Gasteiger partial charge in [-0.2, -0.15) is 0 Å². The van der Waals surface area contributed by atoms with Gasteiger partial charge in [-0.3, -0.25) is 4.79 Å². The molecule has 110 valence electrons. The maximum atomic E-state index is 11.5. The number of esters is 1. The van der Waals surface area contributed by atoms with Crippen molar-refractivity contribution < 1.29 is 9.53 Å². The van der Waals surface area contributed by atoms with E-state index in [0.717, 1.165) is 16.8 Å². The number of hydrogen-bond acceptors (Lipinski definition) is 3. The Morgan fingerprint density at radius 1 is 1.19 bits per heavy atom. The predicted molar refractivity (Wildman–Crippen MR) is 86.6 cm³/mol. The number of hydrogen-bond donors (Lipinski definition) is 1. The molecule has 2 rings (SSSR count). The Hall–Kier alpha value is -1.71. The normalized spacial score (nSPS) is 10.3. The van der Waals surface area contributed by atoms with Crippen LogP contribution in [0.15, 0.2) is 36.4 Å². The molecule has 3 nitrogen and oxygen atoms in total. The molecule has 21 heavy (non-hydrogen) atoms. The van der Waals surface area contributed by atoms with Gasteiger partial charge in [-0.1, -0.05) is 47.5 Å². The Balaban J connectivity index is 2.36. The first-order valence-corrected chi connectivity index (χ1v) is 7.15. The zero-order valence-electron chi connectivity index (χ0n) is 11.7. The standard InChI is InChI=1S/C16H15Cl2NO2/c1-10-7-8-12(17)16(15(10)18)19-13-6-4-3-5-11(13)9-14(20)21-2/h3-8,19H,9H2,1-2H3. The minimum absolute atomic E-state index is 0.181. The third-order valence-corrected chi connectivity index (χ3v) is 3.93. The average molecular weight is 324 g/mol. The first-order chi connectivity index (χ1) is 10.0. The van der Waals surface area contributed by atoms with Crippen molar-refractivity contribution in [2.75, 3.05) is 12.4 Å². The molecule has 0 aliphatic carbocycles. The Morgan fingerprint density at radius 3 is 2.62 bits per heavy atom. The number of ether oxygens (including phenoxy) is 1. The quantitative estimate of drug-likeness (QED) is 0.824. The maximum absolute atomic E-state index is 11.5. The minimum Gasteiger partial charge on any atom is -0.469 e. The van der Waals surface area contributed by atoms with Crippen LogP contribution in [-0.2, 0) is 16.0 Å². The molecule has 5 heteroatoms. The van der Waals surface area contributed by atoms with E-state index in [4.69, 9.17) is 27.9 Å². The monoisotopic (exact) mass is 323 g/mol. The van der Waals surface area contributed by atoms with Crippen LogP contribution in [0.2, 0.25) is 10.0 Å². The van der Waals surface area contributed by atoms with Crippen LogP contribution in [0.5, 0.6) is 0 Å². The van der Waals surface area contributed by atoms with E-state index in [1.807, 2.05) is 37.3 Å². The molecule has 0 fully saturated rings. The summed E-state index contributed by atoms with van der Waals surface area (Å²) in [4.78, 5) is 11.5. The highest BCUT2D eigenvalue weighted by molar-refractivity contribution is 6.39. The zero-order chi connectivity index (χ0) is 15.4. The van der Waals surface area contributed by atoms with Crippen molar-refractivity contribution in [1.82, 2.24) is 0 Å². The van der Waals surface area contributed by atoms with E-state index >= 15 is 0 Å². The van der Waals surface area contributed by atoms with Crippen molar-refractivity contribution in [3.63, 3.8) is 0 Å². The zero-order valence-corrected chi connectivity index (χ0v) is 13.3. The Kier molecular flexibility index (Phi) is 5.10. The van der Waals surface area contributed by atoms with Gasteiger partial charge < -0.3 is 10.1 Å². The SMILES string of the molecule is COC(=O)Cc1ccccc1Nc1c(Cl)ccc(C)c1Cl. The van der Waals surface area contributed by atoms with Gasteiger partial charge in [0.05, 0.1) is 29.3 Å². The van der Waals surface area contributed by atoms with Gasteiger partial charge in [-0.05, 0) is 30.2 Å². The Morgan fingerprint density at radius 2 is 1.90 bits per heavy atom.